The van der Waals surface area contributed by atoms with Crippen molar-refractivity contribution in [1.82, 2.24) is 10.2 Å². The van der Waals surface area contributed by atoms with Gasteiger partial charge < -0.3 is 10.6 Å². The van der Waals surface area contributed by atoms with Crippen LogP contribution in [0.2, 0.25) is 0 Å². The molecule has 3 rings (SSSR count). The Bertz CT molecular complexity index is 841. The second kappa shape index (κ2) is 9.15. The number of hydrogen-bond donors (Lipinski definition) is 2. The van der Waals surface area contributed by atoms with E-state index < -0.39 is 11.6 Å². The first-order valence-corrected chi connectivity index (χ1v) is 9.69. The summed E-state index contributed by atoms with van der Waals surface area (Å²) in [6, 6.07) is 9.85. The number of piperidine rings is 1. The predicted octanol–water partition coefficient (Wildman–Crippen LogP) is 4.48. The molecule has 0 radical (unpaired) electrons. The molecule has 1 aliphatic heterocycles. The number of benzene rings is 2. The van der Waals surface area contributed by atoms with Gasteiger partial charge in [0.25, 0.3) is 0 Å². The minimum atomic E-state index is -0.801. The Balaban J connectivity index is 1.68. The number of carbonyl (C=O) groups is 1. The van der Waals surface area contributed by atoms with Crippen LogP contribution in [-0.4, -0.2) is 31.1 Å². The fraction of sp³-hybridized carbons (Fsp3) is 0.409. The van der Waals surface area contributed by atoms with Gasteiger partial charge in [-0.1, -0.05) is 18.2 Å². The van der Waals surface area contributed by atoms with Crippen LogP contribution in [0.3, 0.4) is 0 Å². The normalized spacial score (nSPS) is 17.4. The van der Waals surface area contributed by atoms with Crippen LogP contribution in [0.5, 0.6) is 0 Å². The third-order valence-electron chi connectivity index (χ3n) is 5.38. The van der Waals surface area contributed by atoms with Gasteiger partial charge in [0.15, 0.2) is 11.6 Å². The van der Waals surface area contributed by atoms with E-state index in [0.717, 1.165) is 61.3 Å². The van der Waals surface area contributed by atoms with Crippen molar-refractivity contribution in [3.05, 3.63) is 64.7 Å². The van der Waals surface area contributed by atoms with Gasteiger partial charge in [-0.2, -0.15) is 0 Å². The Labute approximate surface area is 164 Å². The summed E-state index contributed by atoms with van der Waals surface area (Å²) in [5.41, 5.74) is 3.90. The first-order valence-electron chi connectivity index (χ1n) is 9.69. The van der Waals surface area contributed by atoms with Gasteiger partial charge in [-0.3, -0.25) is 4.90 Å². The van der Waals surface area contributed by atoms with Crippen molar-refractivity contribution in [2.45, 2.75) is 32.7 Å². The smallest absolute Gasteiger partial charge is 0.318 e. The molecule has 0 bridgehead atoms. The van der Waals surface area contributed by atoms with E-state index in [2.05, 4.69) is 15.5 Å². The molecule has 2 aromatic carbocycles. The molecule has 4 nitrogen and oxygen atoms in total. The van der Waals surface area contributed by atoms with Gasteiger partial charge in [-0.05, 0) is 73.5 Å². The summed E-state index contributed by atoms with van der Waals surface area (Å²) in [5, 5.41) is 5.48. The molecule has 0 aliphatic carbocycles. The number of carbonyl (C=O) groups excluding carboxylic acids is 1. The molecule has 1 saturated heterocycles. The highest BCUT2D eigenvalue weighted by Gasteiger charge is 2.22. The fourth-order valence-corrected chi connectivity index (χ4v) is 3.90. The molecule has 1 aliphatic rings. The lowest BCUT2D eigenvalue weighted by Crippen LogP contribution is -2.36. The molecule has 150 valence electrons. The van der Waals surface area contributed by atoms with Crippen molar-refractivity contribution in [2.75, 3.05) is 25.5 Å². The van der Waals surface area contributed by atoms with Crippen LogP contribution in [0.15, 0.2) is 36.4 Å². The lowest BCUT2D eigenvalue weighted by atomic mass is 9.90. The van der Waals surface area contributed by atoms with Gasteiger partial charge in [-0.15, -0.1) is 0 Å². The van der Waals surface area contributed by atoms with E-state index >= 15 is 0 Å². The number of halogens is 2. The molecule has 0 aromatic heterocycles. The first kappa shape index (κ1) is 20.3. The second-order valence-corrected chi connectivity index (χ2v) is 7.50. The van der Waals surface area contributed by atoms with E-state index in [-0.39, 0.29) is 6.03 Å². The van der Waals surface area contributed by atoms with E-state index in [1.165, 1.54) is 12.1 Å². The van der Waals surface area contributed by atoms with Crippen molar-refractivity contribution < 1.29 is 13.6 Å². The van der Waals surface area contributed by atoms with Gasteiger partial charge in [-0.25, -0.2) is 13.6 Å². The number of hydrogen-bond acceptors (Lipinski definition) is 2. The number of nitrogens with one attached hydrogen (secondary N) is 2. The van der Waals surface area contributed by atoms with Gasteiger partial charge in [0.2, 0.25) is 0 Å². The minimum absolute atomic E-state index is 0.235. The summed E-state index contributed by atoms with van der Waals surface area (Å²) in [4.78, 5) is 14.1. The van der Waals surface area contributed by atoms with Gasteiger partial charge in [0, 0.05) is 25.8 Å². The molecule has 1 heterocycles. The van der Waals surface area contributed by atoms with Crippen molar-refractivity contribution in [3.63, 3.8) is 0 Å². The van der Waals surface area contributed by atoms with E-state index in [1.807, 2.05) is 25.1 Å². The summed E-state index contributed by atoms with van der Waals surface area (Å²) in [5.74, 6) is -1.18. The summed E-state index contributed by atoms with van der Waals surface area (Å²) >= 11 is 0. The maximum atomic E-state index is 13.5. The molecule has 0 saturated carbocycles. The lowest BCUT2D eigenvalue weighted by Gasteiger charge is -2.33. The molecule has 1 atom stereocenters. The highest BCUT2D eigenvalue weighted by Crippen LogP contribution is 2.26. The highest BCUT2D eigenvalue weighted by atomic mass is 19.2. The molecule has 28 heavy (non-hydrogen) atoms. The van der Waals surface area contributed by atoms with E-state index in [0.29, 0.717) is 5.92 Å². The molecule has 1 fully saturated rings. The molecule has 0 spiro atoms. The predicted molar refractivity (Wildman–Crippen MR) is 107 cm³/mol. The number of amides is 2. The van der Waals surface area contributed by atoms with Gasteiger partial charge >= 0.3 is 6.03 Å². The summed E-state index contributed by atoms with van der Waals surface area (Å²) in [7, 11) is 1.60. The zero-order valence-electron chi connectivity index (χ0n) is 16.4. The van der Waals surface area contributed by atoms with Crippen LogP contribution in [0.4, 0.5) is 19.3 Å². The zero-order valence-corrected chi connectivity index (χ0v) is 16.4. The maximum absolute atomic E-state index is 13.5. The number of likely N-dealkylation sites (tertiary alicyclic amines) is 1. The van der Waals surface area contributed by atoms with Crippen molar-refractivity contribution in [1.29, 1.82) is 0 Å². The van der Waals surface area contributed by atoms with Crippen molar-refractivity contribution >= 4 is 11.7 Å². The van der Waals surface area contributed by atoms with E-state index in [4.69, 9.17) is 0 Å². The zero-order chi connectivity index (χ0) is 20.1. The Hall–Kier alpha value is -2.47. The van der Waals surface area contributed by atoms with Crippen LogP contribution in [0.1, 0.15) is 29.5 Å². The molecular weight excluding hydrogens is 360 g/mol. The third kappa shape index (κ3) is 5.07. The Morgan fingerprint density at radius 2 is 2.04 bits per heavy atom. The molecule has 2 N–H and O–H groups in total. The number of urea groups is 1. The SMILES string of the molecule is CNC(=O)Nc1cccc(C)c1CN1CCCC(Cc2ccc(F)c(F)c2)C1. The quantitative estimate of drug-likeness (QED) is 0.795. The average molecular weight is 387 g/mol. The van der Waals surface area contributed by atoms with Gasteiger partial charge in [0.05, 0.1) is 0 Å². The van der Waals surface area contributed by atoms with E-state index in [1.54, 1.807) is 13.1 Å². The topological polar surface area (TPSA) is 44.4 Å². The third-order valence-corrected chi connectivity index (χ3v) is 5.38. The number of anilines is 1. The Kier molecular flexibility index (Phi) is 6.62. The van der Waals surface area contributed by atoms with Crippen LogP contribution in [0.25, 0.3) is 0 Å². The molecule has 1 unspecified atom stereocenters. The molecule has 6 heteroatoms. The maximum Gasteiger partial charge on any atom is 0.318 e. The van der Waals surface area contributed by atoms with Gasteiger partial charge in [0.1, 0.15) is 0 Å². The Morgan fingerprint density at radius 3 is 2.79 bits per heavy atom. The lowest BCUT2D eigenvalue weighted by molar-refractivity contribution is 0.167. The summed E-state index contributed by atoms with van der Waals surface area (Å²) in [6.45, 7) is 4.68. The van der Waals surface area contributed by atoms with Crippen LogP contribution in [0, 0.1) is 24.5 Å². The van der Waals surface area contributed by atoms with E-state index in [9.17, 15) is 13.6 Å². The number of rotatable bonds is 5. The molecule has 2 aromatic rings. The number of nitrogens with zero attached hydrogens (tertiary/aromatic N) is 1. The van der Waals surface area contributed by atoms with Crippen molar-refractivity contribution in [2.24, 2.45) is 5.92 Å². The van der Waals surface area contributed by atoms with Crippen LogP contribution >= 0.6 is 0 Å². The standard InChI is InChI=1S/C22H27F2N3O/c1-15-5-3-7-21(26-22(28)25-2)18(15)14-27-10-4-6-17(13-27)11-16-8-9-19(23)20(24)12-16/h3,5,7-9,12,17H,4,6,10-11,13-14H2,1-2H3,(H2,25,26,28). The van der Waals surface area contributed by atoms with Crippen LogP contribution < -0.4 is 10.6 Å². The molecular formula is C22H27F2N3O. The first-order chi connectivity index (χ1) is 13.5. The fourth-order valence-electron chi connectivity index (χ4n) is 3.90. The minimum Gasteiger partial charge on any atom is -0.341 e. The highest BCUT2D eigenvalue weighted by molar-refractivity contribution is 5.90. The second-order valence-electron chi connectivity index (χ2n) is 7.50. The summed E-state index contributed by atoms with van der Waals surface area (Å²) < 4.78 is 26.7. The van der Waals surface area contributed by atoms with Crippen LogP contribution in [-0.2, 0) is 13.0 Å². The largest absolute Gasteiger partial charge is 0.341 e. The number of aryl methyl sites for hydroxylation is 1. The average Bonchev–Trinajstić information content (AvgIpc) is 2.68. The molecule has 2 amide bonds. The monoisotopic (exact) mass is 387 g/mol. The Morgan fingerprint density at radius 1 is 1.21 bits per heavy atom. The summed E-state index contributed by atoms with van der Waals surface area (Å²) in [6.07, 6.45) is 2.88. The van der Waals surface area contributed by atoms with Crippen molar-refractivity contribution in [3.8, 4) is 0 Å².